The van der Waals surface area contributed by atoms with Crippen LogP contribution >= 0.6 is 11.3 Å². The molecule has 1 aliphatic heterocycles. The zero-order valence-corrected chi connectivity index (χ0v) is 18.4. The van der Waals surface area contributed by atoms with Crippen LogP contribution in [0, 0.1) is 0 Å². The molecule has 0 unspecified atom stereocenters. The van der Waals surface area contributed by atoms with Gasteiger partial charge in [-0.2, -0.15) is 0 Å². The molecule has 0 saturated carbocycles. The van der Waals surface area contributed by atoms with E-state index in [1.165, 1.54) is 35.4 Å². The Morgan fingerprint density at radius 3 is 2.67 bits per heavy atom. The van der Waals surface area contributed by atoms with Gasteiger partial charge >= 0.3 is 0 Å². The second-order valence-electron chi connectivity index (χ2n) is 8.20. The molecular weight excluding hydrogens is 394 g/mol. The van der Waals surface area contributed by atoms with Crippen LogP contribution in [0.2, 0.25) is 0 Å². The number of anilines is 2. The van der Waals surface area contributed by atoms with Gasteiger partial charge in [0.2, 0.25) is 0 Å². The largest absolute Gasteiger partial charge is 0.495 e. The van der Waals surface area contributed by atoms with E-state index in [0.29, 0.717) is 5.82 Å². The van der Waals surface area contributed by atoms with E-state index >= 15 is 0 Å². The van der Waals surface area contributed by atoms with Gasteiger partial charge in [-0.1, -0.05) is 18.6 Å². The van der Waals surface area contributed by atoms with E-state index in [9.17, 15) is 0 Å². The summed E-state index contributed by atoms with van der Waals surface area (Å²) < 4.78 is 5.53. The summed E-state index contributed by atoms with van der Waals surface area (Å²) in [6.07, 6.45) is 6.11. The normalized spacial score (nSPS) is 17.7. The first-order chi connectivity index (χ1) is 14.7. The summed E-state index contributed by atoms with van der Waals surface area (Å²) in [5.41, 5.74) is 9.01. The average Bonchev–Trinajstić information content (AvgIpc) is 2.96. The molecule has 0 atom stereocenters. The topological polar surface area (TPSA) is 67.5 Å². The van der Waals surface area contributed by atoms with Crippen LogP contribution < -0.4 is 15.4 Å². The first kappa shape index (κ1) is 19.6. The molecule has 7 heteroatoms. The molecule has 0 amide bonds. The number of nitrogen functional groups attached to an aromatic ring is 1. The van der Waals surface area contributed by atoms with E-state index in [1.807, 2.05) is 23.5 Å². The first-order valence-electron chi connectivity index (χ1n) is 10.9. The van der Waals surface area contributed by atoms with Crippen LogP contribution in [0.1, 0.15) is 35.5 Å². The molecule has 3 aromatic rings. The Bertz CT molecular complexity index is 1040. The lowest BCUT2D eigenvalue weighted by molar-refractivity contribution is 0.243. The van der Waals surface area contributed by atoms with Crippen molar-refractivity contribution in [2.45, 2.75) is 38.6 Å². The SMILES string of the molecule is COc1ccccc1N1CCN(Cc2nc(N)c3c4c(sc3n2)CCCCC4)CC1. The zero-order valence-electron chi connectivity index (χ0n) is 17.6. The fraction of sp³-hybridized carbons (Fsp3) is 0.478. The molecule has 5 rings (SSSR count). The second-order valence-corrected chi connectivity index (χ2v) is 9.29. The molecule has 0 spiro atoms. The number of aromatic nitrogens is 2. The van der Waals surface area contributed by atoms with E-state index in [-0.39, 0.29) is 0 Å². The predicted molar refractivity (Wildman–Crippen MR) is 124 cm³/mol. The molecule has 30 heavy (non-hydrogen) atoms. The third kappa shape index (κ3) is 3.72. The fourth-order valence-electron chi connectivity index (χ4n) is 4.72. The molecule has 1 aliphatic carbocycles. The molecule has 3 heterocycles. The van der Waals surface area contributed by atoms with Crippen molar-refractivity contribution in [2.24, 2.45) is 0 Å². The maximum absolute atomic E-state index is 6.43. The summed E-state index contributed by atoms with van der Waals surface area (Å²) in [6.45, 7) is 4.62. The Morgan fingerprint density at radius 2 is 1.83 bits per heavy atom. The van der Waals surface area contributed by atoms with Gasteiger partial charge in [0.1, 0.15) is 22.2 Å². The van der Waals surface area contributed by atoms with E-state index in [1.54, 1.807) is 7.11 Å². The summed E-state index contributed by atoms with van der Waals surface area (Å²) in [6, 6.07) is 8.24. The van der Waals surface area contributed by atoms with E-state index in [2.05, 4.69) is 21.9 Å². The van der Waals surface area contributed by atoms with Crippen molar-refractivity contribution in [1.29, 1.82) is 0 Å². The van der Waals surface area contributed by atoms with Gasteiger partial charge < -0.3 is 15.4 Å². The number of rotatable bonds is 4. The molecule has 0 radical (unpaired) electrons. The minimum Gasteiger partial charge on any atom is -0.495 e. The Morgan fingerprint density at radius 1 is 1.03 bits per heavy atom. The van der Waals surface area contributed by atoms with Crippen molar-refractivity contribution in [1.82, 2.24) is 14.9 Å². The van der Waals surface area contributed by atoms with Crippen molar-refractivity contribution in [3.8, 4) is 5.75 Å². The number of thiophene rings is 1. The smallest absolute Gasteiger partial charge is 0.146 e. The third-order valence-corrected chi connectivity index (χ3v) is 7.49. The Hall–Kier alpha value is -2.38. The fourth-order valence-corrected chi connectivity index (χ4v) is 6.00. The van der Waals surface area contributed by atoms with E-state index in [4.69, 9.17) is 20.4 Å². The highest BCUT2D eigenvalue weighted by atomic mass is 32.1. The van der Waals surface area contributed by atoms with Gasteiger partial charge in [0.15, 0.2) is 0 Å². The van der Waals surface area contributed by atoms with Crippen LogP contribution in [0.3, 0.4) is 0 Å². The van der Waals surface area contributed by atoms with Crippen molar-refractivity contribution in [3.63, 3.8) is 0 Å². The van der Waals surface area contributed by atoms with Crippen LogP contribution in [-0.2, 0) is 19.4 Å². The number of nitrogens with zero attached hydrogens (tertiary/aromatic N) is 4. The van der Waals surface area contributed by atoms with Crippen LogP contribution in [0.25, 0.3) is 10.2 Å². The highest BCUT2D eigenvalue weighted by Crippen LogP contribution is 2.37. The number of fused-ring (bicyclic) bond motifs is 3. The molecule has 2 N–H and O–H groups in total. The summed E-state index contributed by atoms with van der Waals surface area (Å²) in [7, 11) is 1.73. The molecule has 6 nitrogen and oxygen atoms in total. The monoisotopic (exact) mass is 423 g/mol. The number of nitrogens with two attached hydrogens (primary N) is 1. The summed E-state index contributed by atoms with van der Waals surface area (Å²) in [5, 5.41) is 1.13. The number of piperazine rings is 1. The number of hydrogen-bond acceptors (Lipinski definition) is 7. The molecule has 2 aromatic heterocycles. The first-order valence-corrected chi connectivity index (χ1v) is 11.7. The van der Waals surface area contributed by atoms with Crippen LogP contribution in [0.15, 0.2) is 24.3 Å². The van der Waals surface area contributed by atoms with Gasteiger partial charge in [0, 0.05) is 31.1 Å². The molecule has 1 fully saturated rings. The standard InChI is InChI=1S/C23H29N5OS/c1-29-18-9-6-5-8-17(18)28-13-11-27(12-14-28)15-20-25-22(24)21-16-7-3-2-4-10-19(16)30-23(21)26-20/h5-6,8-9H,2-4,7,10-15H2,1H3,(H2,24,25,26). The van der Waals surface area contributed by atoms with Crippen LogP contribution in [0.4, 0.5) is 11.5 Å². The van der Waals surface area contributed by atoms with Gasteiger partial charge in [-0.3, -0.25) is 4.90 Å². The molecular formula is C23H29N5OS. The number of aryl methyl sites for hydroxylation is 2. The van der Waals surface area contributed by atoms with Crippen LogP contribution in [-0.4, -0.2) is 48.2 Å². The third-order valence-electron chi connectivity index (χ3n) is 6.30. The Kier molecular flexibility index (Phi) is 5.48. The lowest BCUT2D eigenvalue weighted by Crippen LogP contribution is -2.46. The summed E-state index contributed by atoms with van der Waals surface area (Å²) in [5.74, 6) is 2.45. The maximum Gasteiger partial charge on any atom is 0.146 e. The van der Waals surface area contributed by atoms with Crippen molar-refractivity contribution in [3.05, 3.63) is 40.5 Å². The minimum atomic E-state index is 0.669. The van der Waals surface area contributed by atoms with Crippen molar-refractivity contribution < 1.29 is 4.74 Å². The van der Waals surface area contributed by atoms with E-state index in [0.717, 1.165) is 67.4 Å². The number of ether oxygens (including phenoxy) is 1. The summed E-state index contributed by atoms with van der Waals surface area (Å²) in [4.78, 5) is 17.0. The van der Waals surface area contributed by atoms with Crippen LogP contribution in [0.5, 0.6) is 5.75 Å². The second kappa shape index (κ2) is 8.40. The number of para-hydroxylation sites is 2. The summed E-state index contributed by atoms with van der Waals surface area (Å²) >= 11 is 1.83. The van der Waals surface area contributed by atoms with Crippen molar-refractivity contribution >= 4 is 33.1 Å². The number of hydrogen-bond donors (Lipinski definition) is 1. The molecule has 1 aromatic carbocycles. The Balaban J connectivity index is 1.30. The number of benzene rings is 1. The lowest BCUT2D eigenvalue weighted by Gasteiger charge is -2.36. The predicted octanol–water partition coefficient (Wildman–Crippen LogP) is 3.87. The zero-order chi connectivity index (χ0) is 20.5. The minimum absolute atomic E-state index is 0.669. The average molecular weight is 424 g/mol. The van der Waals surface area contributed by atoms with Gasteiger partial charge in [-0.25, -0.2) is 9.97 Å². The maximum atomic E-state index is 6.43. The van der Waals surface area contributed by atoms with Gasteiger partial charge in [-0.05, 0) is 43.4 Å². The molecule has 0 bridgehead atoms. The van der Waals surface area contributed by atoms with E-state index < -0.39 is 0 Å². The molecule has 1 saturated heterocycles. The Labute approximate surface area is 181 Å². The highest BCUT2D eigenvalue weighted by Gasteiger charge is 2.22. The van der Waals surface area contributed by atoms with Crippen molar-refractivity contribution in [2.75, 3.05) is 43.9 Å². The highest BCUT2D eigenvalue weighted by molar-refractivity contribution is 7.19. The van der Waals surface area contributed by atoms with Gasteiger partial charge in [0.25, 0.3) is 0 Å². The number of methoxy groups -OCH3 is 1. The lowest BCUT2D eigenvalue weighted by atomic mass is 10.1. The van der Waals surface area contributed by atoms with Gasteiger partial charge in [-0.15, -0.1) is 11.3 Å². The van der Waals surface area contributed by atoms with Gasteiger partial charge in [0.05, 0.1) is 24.7 Å². The molecule has 158 valence electrons. The quantitative estimate of drug-likeness (QED) is 0.643. The molecule has 2 aliphatic rings.